The number of amides is 2. The van der Waals surface area contributed by atoms with Gasteiger partial charge in [-0.15, -0.1) is 0 Å². The molecule has 4 aromatic rings. The fraction of sp³-hybridized carbons (Fsp3) is 0.500. The summed E-state index contributed by atoms with van der Waals surface area (Å²) in [5, 5.41) is 3.72. The lowest BCUT2D eigenvalue weighted by molar-refractivity contribution is 0.0205. The average Bonchev–Trinajstić information content (AvgIpc) is 3.43. The average molecular weight is 716 g/mol. The van der Waals surface area contributed by atoms with Crippen molar-refractivity contribution in [3.8, 4) is 11.3 Å². The number of carbonyl (C=O) groups is 2. The van der Waals surface area contributed by atoms with Gasteiger partial charge in [-0.05, 0) is 80.3 Å². The predicted octanol–water partition coefficient (Wildman–Crippen LogP) is 8.89. The summed E-state index contributed by atoms with van der Waals surface area (Å²) in [7, 11) is -1.26. The van der Waals surface area contributed by atoms with Crippen LogP contribution in [0.1, 0.15) is 87.4 Å². The number of benzene rings is 2. The molecule has 1 fully saturated rings. The zero-order valence-electron chi connectivity index (χ0n) is 31.7. The number of piperidine rings is 1. The number of hydrogen-bond acceptors (Lipinski definition) is 6. The van der Waals surface area contributed by atoms with E-state index in [0.29, 0.717) is 48.8 Å². The van der Waals surface area contributed by atoms with Crippen molar-refractivity contribution < 1.29 is 23.5 Å². The molecule has 3 heterocycles. The summed E-state index contributed by atoms with van der Waals surface area (Å²) in [5.74, 6) is -0.549. The molecule has 0 radical (unpaired) electrons. The highest BCUT2D eigenvalue weighted by Crippen LogP contribution is 2.38. The molecule has 0 unspecified atom stereocenters. The Hall–Kier alpha value is -4.09. The molecule has 1 N–H and O–H groups in total. The molecular weight excluding hydrogens is 662 g/mol. The van der Waals surface area contributed by atoms with Crippen LogP contribution < -0.4 is 5.32 Å². The van der Waals surface area contributed by atoms with Crippen molar-refractivity contribution in [3.63, 3.8) is 0 Å². The first kappa shape index (κ1) is 38.1. The van der Waals surface area contributed by atoms with E-state index in [1.165, 1.54) is 12.4 Å². The number of rotatable bonds is 10. The molecule has 1 saturated heterocycles. The third-order valence-electron chi connectivity index (χ3n) is 9.28. The van der Waals surface area contributed by atoms with E-state index in [0.717, 1.165) is 41.0 Å². The van der Waals surface area contributed by atoms with Gasteiger partial charge in [-0.1, -0.05) is 64.7 Å². The second-order valence-electron chi connectivity index (χ2n) is 16.9. The number of likely N-dealkylation sites (tertiary alicyclic amines) is 1. The summed E-state index contributed by atoms with van der Waals surface area (Å²) in [6.07, 6.45) is 4.81. The van der Waals surface area contributed by atoms with Gasteiger partial charge < -0.3 is 24.3 Å². The molecule has 0 saturated carbocycles. The summed E-state index contributed by atoms with van der Waals surface area (Å²) in [6.45, 7) is 21.2. The fourth-order valence-corrected chi connectivity index (χ4v) is 7.01. The number of nitrogens with one attached hydrogen (secondary N) is 1. The zero-order valence-corrected chi connectivity index (χ0v) is 32.7. The van der Waals surface area contributed by atoms with Gasteiger partial charge in [0, 0.05) is 62.6 Å². The molecule has 1 aliphatic heterocycles. The Balaban J connectivity index is 1.39. The Morgan fingerprint density at radius 1 is 0.980 bits per heavy atom. The molecule has 11 heteroatoms. The highest BCUT2D eigenvalue weighted by atomic mass is 28.3. The number of ether oxygens (including phenoxy) is 2. The molecule has 2 aromatic heterocycles. The molecule has 1 aliphatic rings. The third kappa shape index (κ3) is 9.83. The Morgan fingerprint density at radius 2 is 1.67 bits per heavy atom. The number of carbonyl (C=O) groups excluding carboxylic acids is 2. The summed E-state index contributed by atoms with van der Waals surface area (Å²) >= 11 is 0. The Kier molecular flexibility index (Phi) is 11.4. The number of hydrogen-bond donors (Lipinski definition) is 1. The largest absolute Gasteiger partial charge is 0.444 e. The van der Waals surface area contributed by atoms with Crippen LogP contribution in [0.25, 0.3) is 22.3 Å². The van der Waals surface area contributed by atoms with Gasteiger partial charge in [-0.25, -0.2) is 19.2 Å². The van der Waals surface area contributed by atoms with Crippen LogP contribution in [0.2, 0.25) is 25.7 Å². The molecule has 0 atom stereocenters. The molecule has 5 rings (SSSR count). The molecular formula is C40H54FN5O4Si. The van der Waals surface area contributed by atoms with Crippen LogP contribution in [0.5, 0.6) is 0 Å². The normalized spacial score (nSPS) is 14.6. The van der Waals surface area contributed by atoms with E-state index in [1.54, 1.807) is 23.1 Å². The van der Waals surface area contributed by atoms with Crippen molar-refractivity contribution in [2.75, 3.05) is 19.7 Å². The topological polar surface area (TPSA) is 98.6 Å². The van der Waals surface area contributed by atoms with E-state index in [-0.39, 0.29) is 29.9 Å². The van der Waals surface area contributed by atoms with Crippen LogP contribution in [0.4, 0.5) is 9.18 Å². The van der Waals surface area contributed by atoms with Crippen LogP contribution in [0.3, 0.4) is 0 Å². The monoisotopic (exact) mass is 715 g/mol. The van der Waals surface area contributed by atoms with E-state index in [4.69, 9.17) is 9.47 Å². The molecule has 0 bridgehead atoms. The Labute approximate surface area is 303 Å². The van der Waals surface area contributed by atoms with E-state index < -0.39 is 19.5 Å². The smallest absolute Gasteiger partial charge is 0.410 e. The summed E-state index contributed by atoms with van der Waals surface area (Å²) < 4.78 is 29.5. The SMILES string of the molecule is CC(C)(C)OC(=O)N1CCC(c2cn(COCC[Si](C)(C)C)c3ncnc(-c4ccc(CNC(=O)c5ccc(C(C)(C)C)cc5)c(F)c4)c23)CC1. The first-order valence-electron chi connectivity index (χ1n) is 18.0. The van der Waals surface area contributed by atoms with Crippen LogP contribution in [-0.4, -0.2) is 64.8 Å². The molecule has 2 amide bonds. The molecule has 0 spiro atoms. The number of fused-ring (bicyclic) bond motifs is 1. The van der Waals surface area contributed by atoms with Gasteiger partial charge in [0.1, 0.15) is 30.1 Å². The molecule has 0 aliphatic carbocycles. The van der Waals surface area contributed by atoms with E-state index in [2.05, 4.69) is 61.9 Å². The first-order chi connectivity index (χ1) is 23.9. The van der Waals surface area contributed by atoms with Crippen LogP contribution in [0, 0.1) is 5.82 Å². The molecule has 51 heavy (non-hydrogen) atoms. The van der Waals surface area contributed by atoms with Crippen LogP contribution in [0.15, 0.2) is 55.0 Å². The van der Waals surface area contributed by atoms with Crippen LogP contribution in [-0.2, 0) is 28.2 Å². The number of nitrogens with zero attached hydrogens (tertiary/aromatic N) is 4. The Bertz CT molecular complexity index is 1850. The van der Waals surface area contributed by atoms with Gasteiger partial charge in [0.25, 0.3) is 5.91 Å². The lowest BCUT2D eigenvalue weighted by Gasteiger charge is -2.33. The maximum atomic E-state index is 15.7. The minimum absolute atomic E-state index is 0.0149. The quantitative estimate of drug-likeness (QED) is 0.130. The third-order valence-corrected chi connectivity index (χ3v) is 11.0. The van der Waals surface area contributed by atoms with Gasteiger partial charge in [0.05, 0.1) is 5.69 Å². The van der Waals surface area contributed by atoms with Crippen molar-refractivity contribution >= 4 is 31.1 Å². The first-order valence-corrected chi connectivity index (χ1v) is 21.7. The van der Waals surface area contributed by atoms with Gasteiger partial charge in [-0.3, -0.25) is 4.79 Å². The van der Waals surface area contributed by atoms with Crippen molar-refractivity contribution in [2.24, 2.45) is 0 Å². The van der Waals surface area contributed by atoms with Crippen molar-refractivity contribution in [1.82, 2.24) is 24.8 Å². The molecule has 274 valence electrons. The summed E-state index contributed by atoms with van der Waals surface area (Å²) in [6, 6.07) is 13.6. The summed E-state index contributed by atoms with van der Waals surface area (Å²) in [5.41, 5.74) is 4.53. The van der Waals surface area contributed by atoms with Gasteiger partial charge >= 0.3 is 6.09 Å². The maximum absolute atomic E-state index is 15.7. The minimum Gasteiger partial charge on any atom is -0.444 e. The van der Waals surface area contributed by atoms with Gasteiger partial charge in [0.15, 0.2) is 0 Å². The standard InChI is InChI=1S/C40H54FN5O4Si/c1-39(2,3)31-14-12-28(13-15-31)37(47)42-23-30-11-10-29(22-33(30)41)35-34-32(27-16-18-45(19-17-27)38(48)50-40(4,5)6)24-46(36(34)44-25-43-35)26-49-20-21-51(7,8)9/h10-15,22,24-25,27H,16-21,23,26H2,1-9H3,(H,42,47). The van der Waals surface area contributed by atoms with E-state index in [9.17, 15) is 9.59 Å². The van der Waals surface area contributed by atoms with Gasteiger partial charge in [0.2, 0.25) is 0 Å². The number of aromatic nitrogens is 3. The van der Waals surface area contributed by atoms with Gasteiger partial charge in [-0.2, -0.15) is 0 Å². The maximum Gasteiger partial charge on any atom is 0.410 e. The summed E-state index contributed by atoms with van der Waals surface area (Å²) in [4.78, 5) is 36.8. The second kappa shape index (κ2) is 15.3. The zero-order chi connectivity index (χ0) is 37.1. The highest BCUT2D eigenvalue weighted by molar-refractivity contribution is 6.76. The molecule has 9 nitrogen and oxygen atoms in total. The van der Waals surface area contributed by atoms with Crippen molar-refractivity contribution in [2.45, 2.75) is 110 Å². The van der Waals surface area contributed by atoms with Crippen molar-refractivity contribution in [3.05, 3.63) is 83.1 Å². The van der Waals surface area contributed by atoms with E-state index >= 15 is 4.39 Å². The Morgan fingerprint density at radius 3 is 2.27 bits per heavy atom. The highest BCUT2D eigenvalue weighted by Gasteiger charge is 2.30. The van der Waals surface area contributed by atoms with Crippen molar-refractivity contribution in [1.29, 1.82) is 0 Å². The lowest BCUT2D eigenvalue weighted by atomic mass is 9.87. The van der Waals surface area contributed by atoms with E-state index in [1.807, 2.05) is 43.5 Å². The second-order valence-corrected chi connectivity index (χ2v) is 22.5. The molecule has 2 aromatic carbocycles. The van der Waals surface area contributed by atoms with Crippen LogP contribution >= 0.6 is 0 Å². The fourth-order valence-electron chi connectivity index (χ4n) is 6.26. The number of halogens is 1. The predicted molar refractivity (Wildman–Crippen MR) is 203 cm³/mol. The minimum atomic E-state index is -1.26. The lowest BCUT2D eigenvalue weighted by Crippen LogP contribution is -2.41.